The predicted octanol–water partition coefficient (Wildman–Crippen LogP) is 5.88. The number of amides is 1. The third kappa shape index (κ3) is 3.05. The number of hydrogen-bond acceptors (Lipinski definition) is 2. The van der Waals surface area contributed by atoms with Gasteiger partial charge in [0.15, 0.2) is 0 Å². The highest BCUT2D eigenvalue weighted by Crippen LogP contribution is 2.44. The molecule has 0 spiro atoms. The van der Waals surface area contributed by atoms with Crippen LogP contribution in [0.4, 0.5) is 5.69 Å². The minimum absolute atomic E-state index is 0.240. The lowest BCUT2D eigenvalue weighted by molar-refractivity contribution is -0.116. The Morgan fingerprint density at radius 3 is 2.13 bits per heavy atom. The zero-order chi connectivity index (χ0) is 16.8. The fourth-order valence-electron chi connectivity index (χ4n) is 2.17. The van der Waals surface area contributed by atoms with E-state index in [1.165, 1.54) is 17.1 Å². The van der Waals surface area contributed by atoms with E-state index in [9.17, 15) is 4.79 Å². The zero-order valence-electron chi connectivity index (χ0n) is 11.2. The number of rotatable bonds is 2. The molecule has 0 N–H and O–H groups in total. The normalized spacial score (nSPS) is 16.7. The molecule has 0 bridgehead atoms. The quantitative estimate of drug-likeness (QED) is 0.477. The second-order valence-corrected chi connectivity index (χ2v) is 9.42. The van der Waals surface area contributed by atoms with Gasteiger partial charge in [-0.1, -0.05) is 97.0 Å². The number of nitrogens with zero attached hydrogens (tertiary/aromatic N) is 2. The molecule has 1 amide bonds. The summed E-state index contributed by atoms with van der Waals surface area (Å²) in [5.41, 5.74) is 1.58. The van der Waals surface area contributed by atoms with Crippen molar-refractivity contribution in [3.8, 4) is 0 Å². The Labute approximate surface area is 164 Å². The molecule has 2 aromatic rings. The highest BCUT2D eigenvalue weighted by molar-refractivity contribution is 9.26. The fraction of sp³-hybridized carbons (Fsp3) is 0.0667. The van der Waals surface area contributed by atoms with Gasteiger partial charge in [0.25, 0.3) is 5.91 Å². The van der Waals surface area contributed by atoms with Crippen LogP contribution in [-0.4, -0.2) is 14.9 Å². The van der Waals surface area contributed by atoms with Gasteiger partial charge in [-0.05, 0) is 12.1 Å². The second-order valence-electron chi connectivity index (χ2n) is 4.72. The molecule has 0 saturated heterocycles. The van der Waals surface area contributed by atoms with Crippen LogP contribution in [0.3, 0.4) is 0 Å². The van der Waals surface area contributed by atoms with Gasteiger partial charge in [-0.25, -0.2) is 0 Å². The van der Waals surface area contributed by atoms with Crippen LogP contribution in [0.2, 0.25) is 15.1 Å². The Kier molecular flexibility index (Phi) is 4.78. The van der Waals surface area contributed by atoms with E-state index in [-0.39, 0.29) is 21.6 Å². The highest BCUT2D eigenvalue weighted by atomic mass is 79.9. The molecule has 0 saturated carbocycles. The maximum absolute atomic E-state index is 12.8. The summed E-state index contributed by atoms with van der Waals surface area (Å²) in [6, 6.07) is 12.4. The van der Waals surface area contributed by atoms with Crippen LogP contribution in [0.25, 0.3) is 0 Å². The van der Waals surface area contributed by atoms with Crippen LogP contribution >= 0.6 is 66.7 Å². The van der Waals surface area contributed by atoms with Crippen LogP contribution in [0.5, 0.6) is 0 Å². The zero-order valence-corrected chi connectivity index (χ0v) is 16.7. The third-order valence-corrected chi connectivity index (χ3v) is 5.42. The first-order chi connectivity index (χ1) is 10.8. The number of halogens is 5. The van der Waals surface area contributed by atoms with Crippen molar-refractivity contribution < 1.29 is 4.79 Å². The summed E-state index contributed by atoms with van der Waals surface area (Å²) in [6.07, 6.45) is 0. The summed E-state index contributed by atoms with van der Waals surface area (Å²) in [5.74, 6) is -0.359. The summed E-state index contributed by atoms with van der Waals surface area (Å²) in [7, 11) is 0. The lowest BCUT2D eigenvalue weighted by Crippen LogP contribution is -2.36. The maximum Gasteiger partial charge on any atom is 0.281 e. The standard InChI is InChI=1S/C15H7Br2Cl3N2O/c16-15(17)13(8-4-2-1-3-5-8)21-22(14(15)23)12-10(19)6-9(18)7-11(12)20/h1-7H. The molecule has 23 heavy (non-hydrogen) atoms. The minimum Gasteiger partial charge on any atom is -0.269 e. The monoisotopic (exact) mass is 494 g/mol. The maximum atomic E-state index is 12.8. The average Bonchev–Trinajstić information content (AvgIpc) is 2.71. The van der Waals surface area contributed by atoms with Crippen LogP contribution in [0.1, 0.15) is 5.56 Å². The van der Waals surface area contributed by atoms with Gasteiger partial charge in [0.1, 0.15) is 11.4 Å². The SMILES string of the molecule is O=C1N(c2c(Cl)cc(Cl)cc2Cl)N=C(c2ccccc2)C1(Br)Br. The van der Waals surface area contributed by atoms with Crippen molar-refractivity contribution in [1.29, 1.82) is 0 Å². The Bertz CT molecular complexity index is 802. The van der Waals surface area contributed by atoms with Crippen molar-refractivity contribution in [3.63, 3.8) is 0 Å². The average molecular weight is 497 g/mol. The smallest absolute Gasteiger partial charge is 0.269 e. The van der Waals surface area contributed by atoms with E-state index < -0.39 is 3.23 Å². The minimum atomic E-state index is -1.16. The van der Waals surface area contributed by atoms with Crippen LogP contribution in [0.15, 0.2) is 47.6 Å². The lowest BCUT2D eigenvalue weighted by atomic mass is 10.1. The van der Waals surface area contributed by atoms with Gasteiger partial charge in [0, 0.05) is 10.6 Å². The predicted molar refractivity (Wildman–Crippen MR) is 103 cm³/mol. The van der Waals surface area contributed by atoms with Gasteiger partial charge in [0.05, 0.1) is 10.0 Å². The van der Waals surface area contributed by atoms with Gasteiger partial charge >= 0.3 is 0 Å². The number of anilines is 1. The molecule has 0 unspecified atom stereocenters. The number of hydrazone groups is 1. The van der Waals surface area contributed by atoms with Gasteiger partial charge in [-0.3, -0.25) is 4.79 Å². The first kappa shape index (κ1) is 17.2. The van der Waals surface area contributed by atoms with E-state index in [1.807, 2.05) is 30.3 Å². The number of carbonyl (C=O) groups is 1. The van der Waals surface area contributed by atoms with E-state index in [1.54, 1.807) is 0 Å². The number of benzene rings is 2. The summed E-state index contributed by atoms with van der Waals surface area (Å²) < 4.78 is -1.16. The van der Waals surface area contributed by atoms with Crippen molar-refractivity contribution >= 4 is 84.0 Å². The van der Waals surface area contributed by atoms with Gasteiger partial charge in [-0.2, -0.15) is 10.1 Å². The molecule has 118 valence electrons. The molecule has 0 radical (unpaired) electrons. The van der Waals surface area contributed by atoms with Crippen LogP contribution in [0, 0.1) is 0 Å². The van der Waals surface area contributed by atoms with Crippen molar-refractivity contribution in [2.24, 2.45) is 5.10 Å². The molecule has 1 heterocycles. The molecule has 0 fully saturated rings. The molecule has 2 aromatic carbocycles. The Morgan fingerprint density at radius 1 is 1.00 bits per heavy atom. The van der Waals surface area contributed by atoms with Crippen molar-refractivity contribution in [3.05, 3.63) is 63.1 Å². The van der Waals surface area contributed by atoms with Gasteiger partial charge < -0.3 is 0 Å². The molecule has 3 rings (SSSR count). The topological polar surface area (TPSA) is 32.7 Å². The first-order valence-electron chi connectivity index (χ1n) is 6.34. The fourth-order valence-corrected chi connectivity index (χ4v) is 4.10. The van der Waals surface area contributed by atoms with Gasteiger partial charge in [0.2, 0.25) is 3.23 Å². The van der Waals surface area contributed by atoms with Crippen LogP contribution in [-0.2, 0) is 4.79 Å². The Morgan fingerprint density at radius 2 is 1.57 bits per heavy atom. The van der Waals surface area contributed by atoms with Crippen molar-refractivity contribution in [1.82, 2.24) is 0 Å². The molecular weight excluding hydrogens is 490 g/mol. The summed E-state index contributed by atoms with van der Waals surface area (Å²) in [4.78, 5) is 12.8. The number of hydrogen-bond donors (Lipinski definition) is 0. The summed E-state index contributed by atoms with van der Waals surface area (Å²) in [6.45, 7) is 0. The molecule has 8 heteroatoms. The highest BCUT2D eigenvalue weighted by Gasteiger charge is 2.49. The number of alkyl halides is 2. The van der Waals surface area contributed by atoms with E-state index in [4.69, 9.17) is 34.8 Å². The molecular formula is C15H7Br2Cl3N2O. The Balaban J connectivity index is 2.15. The Hall–Kier alpha value is -0.590. The van der Waals surface area contributed by atoms with E-state index in [0.717, 1.165) is 5.56 Å². The summed E-state index contributed by atoms with van der Waals surface area (Å²) >= 11 is 25.1. The van der Waals surface area contributed by atoms with Gasteiger partial charge in [-0.15, -0.1) is 0 Å². The van der Waals surface area contributed by atoms with Crippen molar-refractivity contribution in [2.75, 3.05) is 5.01 Å². The first-order valence-corrected chi connectivity index (χ1v) is 9.06. The lowest BCUT2D eigenvalue weighted by Gasteiger charge is -2.18. The second kappa shape index (κ2) is 6.37. The molecule has 3 nitrogen and oxygen atoms in total. The largest absolute Gasteiger partial charge is 0.281 e. The van der Waals surface area contributed by atoms with E-state index >= 15 is 0 Å². The van der Waals surface area contributed by atoms with E-state index in [0.29, 0.717) is 10.7 Å². The third-order valence-electron chi connectivity index (χ3n) is 3.20. The van der Waals surface area contributed by atoms with Crippen LogP contribution < -0.4 is 5.01 Å². The van der Waals surface area contributed by atoms with E-state index in [2.05, 4.69) is 37.0 Å². The summed E-state index contributed by atoms with van der Waals surface area (Å²) in [5, 5.41) is 6.44. The molecule has 1 aliphatic rings. The molecule has 0 aliphatic carbocycles. The molecule has 1 aliphatic heterocycles. The molecule has 0 atom stereocenters. The molecule has 0 aromatic heterocycles. The number of carbonyl (C=O) groups excluding carboxylic acids is 1. The van der Waals surface area contributed by atoms with Crippen molar-refractivity contribution in [2.45, 2.75) is 3.23 Å².